The van der Waals surface area contributed by atoms with Crippen molar-refractivity contribution in [2.45, 2.75) is 38.6 Å². The van der Waals surface area contributed by atoms with Gasteiger partial charge < -0.3 is 15.2 Å². The maximum absolute atomic E-state index is 11.5. The quantitative estimate of drug-likeness (QED) is 0.535. The highest BCUT2D eigenvalue weighted by atomic mass is 16.2. The van der Waals surface area contributed by atoms with Crippen LogP contribution in [-0.4, -0.2) is 54.5 Å². The van der Waals surface area contributed by atoms with Crippen molar-refractivity contribution in [3.63, 3.8) is 0 Å². The number of pyridine rings is 1. The molecule has 4 aromatic heterocycles. The second-order valence-electron chi connectivity index (χ2n) is 9.07. The van der Waals surface area contributed by atoms with Crippen molar-refractivity contribution in [3.8, 4) is 11.1 Å². The largest absolute Gasteiger partial charge is 0.351 e. The summed E-state index contributed by atoms with van der Waals surface area (Å²) in [6.07, 6.45) is 12.1. The lowest BCUT2D eigenvalue weighted by molar-refractivity contribution is -0.143. The molecule has 1 aliphatic heterocycles. The van der Waals surface area contributed by atoms with Gasteiger partial charge >= 0.3 is 0 Å². The molecule has 8 heteroatoms. The number of carbonyl (C=O) groups excluding carboxylic acids is 1. The molecule has 2 N–H and O–H groups in total. The minimum atomic E-state index is 0.197. The van der Waals surface area contributed by atoms with Crippen molar-refractivity contribution >= 4 is 28.4 Å². The van der Waals surface area contributed by atoms with Crippen LogP contribution in [0.3, 0.4) is 0 Å². The average molecular weight is 416 g/mol. The van der Waals surface area contributed by atoms with Crippen molar-refractivity contribution in [3.05, 3.63) is 43.0 Å². The van der Waals surface area contributed by atoms with Crippen molar-refractivity contribution in [2.75, 3.05) is 18.4 Å². The second kappa shape index (κ2) is 6.80. The zero-order valence-corrected chi connectivity index (χ0v) is 17.5. The lowest BCUT2D eigenvalue weighted by atomic mass is 9.67. The van der Waals surface area contributed by atoms with E-state index in [4.69, 9.17) is 4.98 Å². The molecule has 0 unspecified atom stereocenters. The highest BCUT2D eigenvalue weighted by Gasteiger charge is 2.46. The molecule has 8 nitrogen and oxygen atoms in total. The number of carbonyl (C=O) groups is 1. The van der Waals surface area contributed by atoms with Gasteiger partial charge in [-0.1, -0.05) is 0 Å². The van der Waals surface area contributed by atoms with Gasteiger partial charge in [-0.15, -0.1) is 0 Å². The number of rotatable bonds is 3. The molecule has 158 valence electrons. The summed E-state index contributed by atoms with van der Waals surface area (Å²) in [4.78, 5) is 26.1. The third-order valence-corrected chi connectivity index (χ3v) is 7.02. The van der Waals surface area contributed by atoms with E-state index in [1.165, 1.54) is 0 Å². The van der Waals surface area contributed by atoms with Crippen molar-refractivity contribution in [1.29, 1.82) is 0 Å². The molecule has 1 aliphatic carbocycles. The average Bonchev–Trinajstić information content (AvgIpc) is 3.38. The number of likely N-dealkylation sites (tertiary alicyclic amines) is 1. The van der Waals surface area contributed by atoms with Crippen LogP contribution in [0.4, 0.5) is 5.95 Å². The van der Waals surface area contributed by atoms with Gasteiger partial charge in [0, 0.05) is 67.2 Å². The summed E-state index contributed by atoms with van der Waals surface area (Å²) in [6.45, 7) is 3.51. The highest BCUT2D eigenvalue weighted by Crippen LogP contribution is 2.44. The van der Waals surface area contributed by atoms with Crippen LogP contribution in [0.2, 0.25) is 0 Å². The second-order valence-corrected chi connectivity index (χ2v) is 9.07. The monoisotopic (exact) mass is 415 g/mol. The molecule has 4 aromatic rings. The van der Waals surface area contributed by atoms with E-state index in [0.717, 1.165) is 66.4 Å². The number of amides is 1. The third kappa shape index (κ3) is 3.13. The minimum absolute atomic E-state index is 0.197. The molecule has 1 amide bonds. The molecule has 1 saturated heterocycles. The fraction of sp³-hybridized carbons (Fsp3) is 0.391. The topological polar surface area (TPSA) is 91.2 Å². The molecule has 2 fully saturated rings. The summed E-state index contributed by atoms with van der Waals surface area (Å²) in [5.41, 5.74) is 4.44. The Bertz CT molecular complexity index is 1270. The number of aromatic amines is 1. The molecule has 31 heavy (non-hydrogen) atoms. The number of H-pyrrole nitrogens is 1. The van der Waals surface area contributed by atoms with Crippen LogP contribution in [-0.2, 0) is 4.79 Å². The Kier molecular flexibility index (Phi) is 4.03. The van der Waals surface area contributed by atoms with Gasteiger partial charge in [0.1, 0.15) is 5.65 Å². The van der Waals surface area contributed by atoms with Gasteiger partial charge in [-0.05, 0) is 49.4 Å². The Labute approximate surface area is 179 Å². The van der Waals surface area contributed by atoms with Crippen LogP contribution in [0.5, 0.6) is 0 Å². The summed E-state index contributed by atoms with van der Waals surface area (Å²) >= 11 is 0. The standard InChI is InChI=1S/C23H25N7O/c1-15(31)29-13-23(14-29)6-2-17(3-7-23)27-22-25-12-20-19(11-24-21(20)28-22)16-5-9-30-18(10-16)4-8-26-30/h4-5,8-12,17H,2-3,6-7,13-14H2,1H3,(H2,24,25,27,28). The SMILES string of the molecule is CC(=O)N1CC2(CCC(Nc3ncc4c(-c5ccn6nccc6c5)c[nH]c4n3)CC2)C1. The normalized spacial score (nSPS) is 18.5. The van der Waals surface area contributed by atoms with E-state index < -0.39 is 0 Å². The number of aromatic nitrogens is 5. The number of nitrogens with one attached hydrogen (secondary N) is 2. The van der Waals surface area contributed by atoms with Crippen LogP contribution in [0.25, 0.3) is 27.7 Å². The number of hydrogen-bond donors (Lipinski definition) is 2. The van der Waals surface area contributed by atoms with Crippen molar-refractivity contribution in [1.82, 2.24) is 29.5 Å². The molecule has 2 aliphatic rings. The molecule has 0 radical (unpaired) electrons. The van der Waals surface area contributed by atoms with Crippen molar-refractivity contribution in [2.24, 2.45) is 5.41 Å². The number of nitrogens with zero attached hydrogens (tertiary/aromatic N) is 5. The summed E-state index contributed by atoms with van der Waals surface area (Å²) in [6, 6.07) is 6.55. The van der Waals surface area contributed by atoms with E-state index in [1.807, 2.05) is 34.1 Å². The first-order chi connectivity index (χ1) is 15.1. The maximum atomic E-state index is 11.5. The summed E-state index contributed by atoms with van der Waals surface area (Å²) in [7, 11) is 0. The van der Waals surface area contributed by atoms with Crippen LogP contribution < -0.4 is 5.32 Å². The van der Waals surface area contributed by atoms with Gasteiger partial charge in [-0.2, -0.15) is 10.1 Å². The van der Waals surface area contributed by atoms with E-state index in [9.17, 15) is 4.79 Å². The van der Waals surface area contributed by atoms with Gasteiger partial charge in [0.05, 0.1) is 5.52 Å². The van der Waals surface area contributed by atoms with E-state index in [0.29, 0.717) is 17.4 Å². The Balaban J connectivity index is 1.16. The van der Waals surface area contributed by atoms with E-state index in [1.54, 1.807) is 13.1 Å². The Morgan fingerprint density at radius 3 is 2.90 bits per heavy atom. The molecule has 1 saturated carbocycles. The van der Waals surface area contributed by atoms with E-state index in [2.05, 4.69) is 32.5 Å². The van der Waals surface area contributed by atoms with Crippen molar-refractivity contribution < 1.29 is 4.79 Å². The molecule has 0 bridgehead atoms. The Morgan fingerprint density at radius 1 is 1.26 bits per heavy atom. The number of fused-ring (bicyclic) bond motifs is 2. The molecule has 1 spiro atoms. The van der Waals surface area contributed by atoms with Gasteiger partial charge in [0.2, 0.25) is 11.9 Å². The van der Waals surface area contributed by atoms with E-state index in [-0.39, 0.29) is 5.91 Å². The van der Waals surface area contributed by atoms with Crippen LogP contribution in [0.15, 0.2) is 43.0 Å². The smallest absolute Gasteiger partial charge is 0.224 e. The maximum Gasteiger partial charge on any atom is 0.224 e. The zero-order valence-electron chi connectivity index (χ0n) is 17.5. The first kappa shape index (κ1) is 18.4. The lowest BCUT2D eigenvalue weighted by Gasteiger charge is -2.53. The predicted octanol–water partition coefficient (Wildman–Crippen LogP) is 3.48. The summed E-state index contributed by atoms with van der Waals surface area (Å²) in [5, 5.41) is 8.80. The molecule has 5 heterocycles. The molecular weight excluding hydrogens is 390 g/mol. The fourth-order valence-corrected chi connectivity index (χ4v) is 5.16. The Hall–Kier alpha value is -3.42. The van der Waals surface area contributed by atoms with Crippen LogP contribution in [0, 0.1) is 5.41 Å². The molecule has 0 atom stereocenters. The lowest BCUT2D eigenvalue weighted by Crippen LogP contribution is -2.59. The highest BCUT2D eigenvalue weighted by molar-refractivity contribution is 5.94. The molecule has 6 rings (SSSR count). The fourth-order valence-electron chi connectivity index (χ4n) is 5.16. The first-order valence-corrected chi connectivity index (χ1v) is 10.9. The van der Waals surface area contributed by atoms with Gasteiger partial charge in [-0.25, -0.2) is 9.50 Å². The van der Waals surface area contributed by atoms with Crippen LogP contribution in [0.1, 0.15) is 32.6 Å². The number of hydrogen-bond acceptors (Lipinski definition) is 5. The molecule has 0 aromatic carbocycles. The summed E-state index contributed by atoms with van der Waals surface area (Å²) in [5.74, 6) is 0.870. The minimum Gasteiger partial charge on any atom is -0.351 e. The Morgan fingerprint density at radius 2 is 2.10 bits per heavy atom. The van der Waals surface area contributed by atoms with Crippen LogP contribution >= 0.6 is 0 Å². The predicted molar refractivity (Wildman–Crippen MR) is 119 cm³/mol. The zero-order chi connectivity index (χ0) is 21.0. The molecular formula is C23H25N7O. The van der Waals surface area contributed by atoms with Gasteiger partial charge in [-0.3, -0.25) is 4.79 Å². The van der Waals surface area contributed by atoms with Gasteiger partial charge in [0.15, 0.2) is 0 Å². The third-order valence-electron chi connectivity index (χ3n) is 7.02. The summed E-state index contributed by atoms with van der Waals surface area (Å²) < 4.78 is 1.85. The van der Waals surface area contributed by atoms with Gasteiger partial charge in [0.25, 0.3) is 0 Å². The number of anilines is 1. The first-order valence-electron chi connectivity index (χ1n) is 10.9. The van der Waals surface area contributed by atoms with E-state index >= 15 is 0 Å².